The van der Waals surface area contributed by atoms with Crippen LogP contribution in [0.1, 0.15) is 62.1 Å². The molecule has 0 saturated carbocycles. The minimum atomic E-state index is 0.366. The molecule has 1 aromatic heterocycles. The number of hydrogen-bond acceptors (Lipinski definition) is 4. The van der Waals surface area contributed by atoms with Crippen LogP contribution in [0.2, 0.25) is 0 Å². The number of nitrogens with zero attached hydrogens (tertiary/aromatic N) is 3. The Hall–Kier alpha value is -2.34. The number of likely N-dealkylation sites (tertiary alicyclic amines) is 1. The maximum absolute atomic E-state index is 5.38. The molecule has 2 aromatic rings. The number of hydrogen-bond donors (Lipinski definition) is 2. The highest BCUT2D eigenvalue weighted by Crippen LogP contribution is 2.18. The van der Waals surface area contributed by atoms with E-state index in [9.17, 15) is 0 Å². The monoisotopic (exact) mass is 397 g/mol. The van der Waals surface area contributed by atoms with Crippen LogP contribution in [0.5, 0.6) is 0 Å². The summed E-state index contributed by atoms with van der Waals surface area (Å²) in [4.78, 5) is 6.87. The second-order valence-electron chi connectivity index (χ2n) is 8.43. The van der Waals surface area contributed by atoms with Crippen LogP contribution >= 0.6 is 0 Å². The Bertz CT molecular complexity index is 790. The smallest absolute Gasteiger partial charge is 0.191 e. The summed E-state index contributed by atoms with van der Waals surface area (Å²) < 4.78 is 5.38. The molecule has 0 atom stereocenters. The highest BCUT2D eigenvalue weighted by Gasteiger charge is 2.15. The summed E-state index contributed by atoms with van der Waals surface area (Å²) in [6, 6.07) is 10.8. The number of nitrogens with one attached hydrogen (secondary N) is 2. The fourth-order valence-electron chi connectivity index (χ4n) is 3.58. The summed E-state index contributed by atoms with van der Waals surface area (Å²) >= 11 is 0. The fourth-order valence-corrected chi connectivity index (χ4v) is 3.58. The highest BCUT2D eigenvalue weighted by molar-refractivity contribution is 5.79. The van der Waals surface area contributed by atoms with Crippen molar-refractivity contribution < 1.29 is 4.52 Å². The van der Waals surface area contributed by atoms with Crippen molar-refractivity contribution >= 4 is 5.96 Å². The van der Waals surface area contributed by atoms with Gasteiger partial charge < -0.3 is 15.2 Å². The van der Waals surface area contributed by atoms with E-state index in [4.69, 9.17) is 4.52 Å². The Morgan fingerprint density at radius 1 is 1.17 bits per heavy atom. The number of aliphatic imine (C=N–C) groups is 1. The van der Waals surface area contributed by atoms with Crippen molar-refractivity contribution in [1.29, 1.82) is 0 Å². The van der Waals surface area contributed by atoms with Crippen LogP contribution in [-0.2, 0) is 19.6 Å². The molecule has 0 spiro atoms. The predicted molar refractivity (Wildman–Crippen MR) is 118 cm³/mol. The minimum Gasteiger partial charge on any atom is -0.359 e. The third-order valence-electron chi connectivity index (χ3n) is 5.56. The highest BCUT2D eigenvalue weighted by atomic mass is 16.5. The van der Waals surface area contributed by atoms with E-state index < -0.39 is 0 Å². The van der Waals surface area contributed by atoms with Crippen molar-refractivity contribution in [3.05, 3.63) is 52.9 Å². The molecule has 6 heteroatoms. The van der Waals surface area contributed by atoms with Gasteiger partial charge in [0, 0.05) is 26.2 Å². The van der Waals surface area contributed by atoms with E-state index in [-0.39, 0.29) is 0 Å². The minimum absolute atomic E-state index is 0.366. The Morgan fingerprint density at radius 2 is 1.90 bits per heavy atom. The standard InChI is InChI=1S/C23H35N5O/c1-17(2)22-13-21(29-27-22)15-26-23(24-4)25-14-19-6-5-7-20(12-19)16-28-10-8-18(3)9-11-28/h5-7,12-13,17-18H,8-11,14-16H2,1-4H3,(H2,24,25,26). The van der Waals surface area contributed by atoms with Crippen LogP contribution in [0.25, 0.3) is 0 Å². The molecule has 3 rings (SSSR count). The number of benzene rings is 1. The molecule has 2 N–H and O–H groups in total. The molecule has 1 fully saturated rings. The maximum atomic E-state index is 5.38. The lowest BCUT2D eigenvalue weighted by atomic mass is 9.98. The van der Waals surface area contributed by atoms with Gasteiger partial charge in [0.05, 0.1) is 12.2 Å². The molecule has 0 unspecified atom stereocenters. The van der Waals surface area contributed by atoms with Gasteiger partial charge in [0.1, 0.15) is 0 Å². The number of aromatic nitrogens is 1. The van der Waals surface area contributed by atoms with Gasteiger partial charge in [-0.25, -0.2) is 0 Å². The number of rotatable bonds is 7. The second kappa shape index (κ2) is 10.4. The molecule has 0 aliphatic carbocycles. The average molecular weight is 398 g/mol. The zero-order chi connectivity index (χ0) is 20.6. The summed E-state index contributed by atoms with van der Waals surface area (Å²) in [5.74, 6) is 2.80. The molecular weight excluding hydrogens is 362 g/mol. The maximum Gasteiger partial charge on any atom is 0.191 e. The Kier molecular flexibility index (Phi) is 7.69. The van der Waals surface area contributed by atoms with Crippen molar-refractivity contribution in [2.45, 2.75) is 59.2 Å². The summed E-state index contributed by atoms with van der Waals surface area (Å²) in [5, 5.41) is 10.8. The SMILES string of the molecule is CN=C(NCc1cccc(CN2CCC(C)CC2)c1)NCc1cc(C(C)C)no1. The summed E-state index contributed by atoms with van der Waals surface area (Å²) in [7, 11) is 1.78. The molecule has 6 nitrogen and oxygen atoms in total. The van der Waals surface area contributed by atoms with Crippen LogP contribution in [-0.4, -0.2) is 36.2 Å². The van der Waals surface area contributed by atoms with Crippen LogP contribution in [0.3, 0.4) is 0 Å². The number of guanidine groups is 1. The second-order valence-corrected chi connectivity index (χ2v) is 8.43. The van der Waals surface area contributed by atoms with E-state index in [1.165, 1.54) is 37.1 Å². The lowest BCUT2D eigenvalue weighted by Crippen LogP contribution is -2.36. The fraction of sp³-hybridized carbons (Fsp3) is 0.565. The van der Waals surface area contributed by atoms with Gasteiger partial charge in [0.25, 0.3) is 0 Å². The molecule has 2 heterocycles. The third kappa shape index (κ3) is 6.60. The first-order chi connectivity index (χ1) is 14.0. The topological polar surface area (TPSA) is 65.7 Å². The summed E-state index contributed by atoms with van der Waals surface area (Å²) in [5.41, 5.74) is 3.62. The summed E-state index contributed by atoms with van der Waals surface area (Å²) in [6.45, 7) is 11.3. The first-order valence-corrected chi connectivity index (χ1v) is 10.7. The van der Waals surface area contributed by atoms with E-state index in [0.717, 1.165) is 36.4 Å². The van der Waals surface area contributed by atoms with Gasteiger partial charge in [-0.15, -0.1) is 0 Å². The molecule has 1 aliphatic rings. The quantitative estimate of drug-likeness (QED) is 0.548. The molecule has 1 aliphatic heterocycles. The zero-order valence-corrected chi connectivity index (χ0v) is 18.2. The van der Waals surface area contributed by atoms with Gasteiger partial charge in [-0.3, -0.25) is 9.89 Å². The van der Waals surface area contributed by atoms with Crippen LogP contribution < -0.4 is 10.6 Å². The van der Waals surface area contributed by atoms with E-state index in [0.29, 0.717) is 12.5 Å². The van der Waals surface area contributed by atoms with Gasteiger partial charge in [-0.2, -0.15) is 0 Å². The molecule has 158 valence electrons. The molecule has 29 heavy (non-hydrogen) atoms. The van der Waals surface area contributed by atoms with Crippen molar-refractivity contribution in [1.82, 2.24) is 20.7 Å². The largest absolute Gasteiger partial charge is 0.359 e. The van der Waals surface area contributed by atoms with Crippen molar-refractivity contribution in [2.75, 3.05) is 20.1 Å². The first kappa shape index (κ1) is 21.4. The van der Waals surface area contributed by atoms with E-state index in [1.54, 1.807) is 7.05 Å². The van der Waals surface area contributed by atoms with Crippen molar-refractivity contribution in [3.63, 3.8) is 0 Å². The van der Waals surface area contributed by atoms with Gasteiger partial charge >= 0.3 is 0 Å². The van der Waals surface area contributed by atoms with Gasteiger partial charge in [0.2, 0.25) is 0 Å². The Morgan fingerprint density at radius 3 is 2.59 bits per heavy atom. The van der Waals surface area contributed by atoms with Crippen LogP contribution in [0.15, 0.2) is 39.8 Å². The molecule has 0 radical (unpaired) electrons. The zero-order valence-electron chi connectivity index (χ0n) is 18.2. The average Bonchev–Trinajstić information content (AvgIpc) is 3.20. The number of piperidine rings is 1. The van der Waals surface area contributed by atoms with Crippen molar-refractivity contribution in [3.8, 4) is 0 Å². The molecule has 0 bridgehead atoms. The Labute approximate surface area is 174 Å². The normalized spacial score (nSPS) is 16.4. The van der Waals surface area contributed by atoms with E-state index >= 15 is 0 Å². The molecule has 0 amide bonds. The predicted octanol–water partition coefficient (Wildman–Crippen LogP) is 3.90. The van der Waals surface area contributed by atoms with E-state index in [1.807, 2.05) is 6.07 Å². The third-order valence-corrected chi connectivity index (χ3v) is 5.56. The molecule has 1 aromatic carbocycles. The lowest BCUT2D eigenvalue weighted by Gasteiger charge is -2.30. The van der Waals surface area contributed by atoms with Gasteiger partial charge in [-0.1, -0.05) is 50.2 Å². The first-order valence-electron chi connectivity index (χ1n) is 10.7. The van der Waals surface area contributed by atoms with Gasteiger partial charge in [0.15, 0.2) is 11.7 Å². The molecule has 1 saturated heterocycles. The van der Waals surface area contributed by atoms with Gasteiger partial charge in [-0.05, 0) is 48.9 Å². The summed E-state index contributed by atoms with van der Waals surface area (Å²) in [6.07, 6.45) is 2.63. The van der Waals surface area contributed by atoms with E-state index in [2.05, 4.69) is 70.7 Å². The Balaban J connectivity index is 1.47. The van der Waals surface area contributed by atoms with Crippen molar-refractivity contribution in [2.24, 2.45) is 10.9 Å². The van der Waals surface area contributed by atoms with Crippen LogP contribution in [0.4, 0.5) is 0 Å². The molecular formula is C23H35N5O. The van der Waals surface area contributed by atoms with Crippen LogP contribution in [0, 0.1) is 5.92 Å². The lowest BCUT2D eigenvalue weighted by molar-refractivity contribution is 0.185.